The van der Waals surface area contributed by atoms with Gasteiger partial charge >= 0.3 is 0 Å². The largest absolute Gasteiger partial charge is 0.316 e. The lowest BCUT2D eigenvalue weighted by Gasteiger charge is -2.20. The quantitative estimate of drug-likeness (QED) is 0.689. The van der Waals surface area contributed by atoms with E-state index in [0.29, 0.717) is 5.92 Å². The molecule has 0 radical (unpaired) electrons. The number of nitrogens with zero attached hydrogens (tertiary/aromatic N) is 1. The van der Waals surface area contributed by atoms with Gasteiger partial charge in [0.15, 0.2) is 0 Å². The predicted molar refractivity (Wildman–Crippen MR) is 47.0 cm³/mol. The topological polar surface area (TPSA) is 24.9 Å². The highest BCUT2D eigenvalue weighted by Crippen LogP contribution is 2.22. The third-order valence-corrected chi connectivity index (χ3v) is 2.77. The maximum absolute atomic E-state index is 4.32. The highest BCUT2D eigenvalue weighted by atomic mass is 32.1. The normalized spacial score (nSPS) is 25.3. The van der Waals surface area contributed by atoms with Crippen molar-refractivity contribution in [2.75, 3.05) is 13.1 Å². The van der Waals surface area contributed by atoms with Crippen molar-refractivity contribution in [3.8, 4) is 0 Å². The van der Waals surface area contributed by atoms with E-state index < -0.39 is 0 Å². The Bertz CT molecular complexity index is 202. The molecule has 0 aromatic carbocycles. The Kier molecular flexibility index (Phi) is 2.19. The minimum Gasteiger partial charge on any atom is -0.316 e. The molecule has 1 aliphatic rings. The van der Waals surface area contributed by atoms with E-state index in [9.17, 15) is 0 Å². The number of hydrogen-bond acceptors (Lipinski definition) is 3. The molecule has 3 heteroatoms. The van der Waals surface area contributed by atoms with Gasteiger partial charge in [-0.15, -0.1) is 11.3 Å². The van der Waals surface area contributed by atoms with Crippen molar-refractivity contribution in [3.63, 3.8) is 0 Å². The van der Waals surface area contributed by atoms with Crippen molar-refractivity contribution in [2.24, 2.45) is 0 Å². The third-order valence-electron chi connectivity index (χ3n) is 2.17. The van der Waals surface area contributed by atoms with E-state index in [0.717, 1.165) is 6.54 Å². The lowest BCUT2D eigenvalue weighted by atomic mass is 9.97. The molecule has 1 aromatic heterocycles. The van der Waals surface area contributed by atoms with Gasteiger partial charge in [-0.25, -0.2) is 4.98 Å². The molecule has 2 nitrogen and oxygen atoms in total. The molecule has 1 aliphatic heterocycles. The van der Waals surface area contributed by atoms with Crippen molar-refractivity contribution >= 4 is 11.3 Å². The van der Waals surface area contributed by atoms with Crippen LogP contribution in [0.15, 0.2) is 10.9 Å². The van der Waals surface area contributed by atoms with Gasteiger partial charge in [-0.3, -0.25) is 0 Å². The Labute approximate surface area is 70.7 Å². The van der Waals surface area contributed by atoms with Gasteiger partial charge in [0.25, 0.3) is 0 Å². The second-order valence-corrected chi connectivity index (χ2v) is 3.68. The molecule has 60 valence electrons. The lowest BCUT2D eigenvalue weighted by Crippen LogP contribution is -2.28. The van der Waals surface area contributed by atoms with E-state index >= 15 is 0 Å². The molecular weight excluding hydrogens is 156 g/mol. The smallest absolute Gasteiger partial charge is 0.0794 e. The van der Waals surface area contributed by atoms with Crippen LogP contribution in [0.25, 0.3) is 0 Å². The van der Waals surface area contributed by atoms with E-state index in [1.165, 1.54) is 25.1 Å². The molecule has 1 atom stereocenters. The third kappa shape index (κ3) is 1.60. The van der Waals surface area contributed by atoms with Crippen LogP contribution in [0.3, 0.4) is 0 Å². The number of hydrogen-bond donors (Lipinski definition) is 1. The standard InChI is InChI=1S/C8H12N2S/c1-2-7(4-9-3-1)8-5-11-6-10-8/h5-7,9H,1-4H2/t7-/m1/s1. The monoisotopic (exact) mass is 168 g/mol. The summed E-state index contributed by atoms with van der Waals surface area (Å²) in [6.07, 6.45) is 2.60. The molecule has 1 N–H and O–H groups in total. The molecule has 2 heterocycles. The van der Waals surface area contributed by atoms with Crippen LogP contribution in [0, 0.1) is 0 Å². The molecule has 1 fully saturated rings. The second-order valence-electron chi connectivity index (χ2n) is 2.96. The SMILES string of the molecule is c1nc([C@@H]2CCCNC2)cs1. The minimum atomic E-state index is 0.676. The van der Waals surface area contributed by atoms with Crippen LogP contribution in [0.5, 0.6) is 0 Å². The molecule has 0 spiro atoms. The molecular formula is C8H12N2S. The van der Waals surface area contributed by atoms with Crippen LogP contribution in [0.1, 0.15) is 24.5 Å². The lowest BCUT2D eigenvalue weighted by molar-refractivity contribution is 0.456. The highest BCUT2D eigenvalue weighted by Gasteiger charge is 2.15. The Hall–Kier alpha value is -0.410. The number of thiazole rings is 1. The first-order valence-corrected chi connectivity index (χ1v) is 5.00. The first-order valence-electron chi connectivity index (χ1n) is 4.05. The van der Waals surface area contributed by atoms with Crippen LogP contribution in [-0.2, 0) is 0 Å². The number of piperidine rings is 1. The van der Waals surface area contributed by atoms with Gasteiger partial charge in [-0.1, -0.05) is 0 Å². The van der Waals surface area contributed by atoms with E-state index in [1.807, 2.05) is 5.51 Å². The Balaban J connectivity index is 2.04. The first kappa shape index (κ1) is 7.25. The van der Waals surface area contributed by atoms with Gasteiger partial charge in [0.1, 0.15) is 0 Å². The summed E-state index contributed by atoms with van der Waals surface area (Å²) in [7, 11) is 0. The zero-order valence-corrected chi connectivity index (χ0v) is 7.23. The van der Waals surface area contributed by atoms with Crippen molar-refractivity contribution in [1.29, 1.82) is 0 Å². The summed E-state index contributed by atoms with van der Waals surface area (Å²) in [5.74, 6) is 0.676. The molecule has 1 saturated heterocycles. The van der Waals surface area contributed by atoms with Gasteiger partial charge in [0, 0.05) is 17.8 Å². The van der Waals surface area contributed by atoms with Crippen molar-refractivity contribution in [1.82, 2.24) is 10.3 Å². The Morgan fingerprint density at radius 2 is 2.64 bits per heavy atom. The summed E-state index contributed by atoms with van der Waals surface area (Å²) < 4.78 is 0. The molecule has 0 unspecified atom stereocenters. The number of nitrogens with one attached hydrogen (secondary N) is 1. The van der Waals surface area contributed by atoms with Crippen LogP contribution >= 0.6 is 11.3 Å². The maximum Gasteiger partial charge on any atom is 0.0794 e. The zero-order chi connectivity index (χ0) is 7.52. The fourth-order valence-corrected chi connectivity index (χ4v) is 2.16. The van der Waals surface area contributed by atoms with Gasteiger partial charge in [-0.05, 0) is 19.4 Å². The van der Waals surface area contributed by atoms with Crippen molar-refractivity contribution < 1.29 is 0 Å². The molecule has 2 rings (SSSR count). The van der Waals surface area contributed by atoms with Gasteiger partial charge in [-0.2, -0.15) is 0 Å². The Morgan fingerprint density at radius 3 is 3.27 bits per heavy atom. The molecule has 0 amide bonds. The van der Waals surface area contributed by atoms with E-state index in [4.69, 9.17) is 0 Å². The molecule has 11 heavy (non-hydrogen) atoms. The maximum atomic E-state index is 4.32. The highest BCUT2D eigenvalue weighted by molar-refractivity contribution is 7.07. The van der Waals surface area contributed by atoms with Crippen LogP contribution in [0.4, 0.5) is 0 Å². The summed E-state index contributed by atoms with van der Waals surface area (Å²) in [6, 6.07) is 0. The predicted octanol–water partition coefficient (Wildman–Crippen LogP) is 1.61. The molecule has 1 aromatic rings. The summed E-state index contributed by atoms with van der Waals surface area (Å²) in [5, 5.41) is 5.55. The van der Waals surface area contributed by atoms with Crippen LogP contribution in [-0.4, -0.2) is 18.1 Å². The molecule has 0 aliphatic carbocycles. The van der Waals surface area contributed by atoms with E-state index in [-0.39, 0.29) is 0 Å². The second kappa shape index (κ2) is 3.32. The molecule has 0 saturated carbocycles. The summed E-state index contributed by atoms with van der Waals surface area (Å²) in [4.78, 5) is 4.32. The average molecular weight is 168 g/mol. The Morgan fingerprint density at radius 1 is 1.64 bits per heavy atom. The summed E-state index contributed by atoms with van der Waals surface area (Å²) in [5.41, 5.74) is 3.20. The van der Waals surface area contributed by atoms with Crippen molar-refractivity contribution in [2.45, 2.75) is 18.8 Å². The fourth-order valence-electron chi connectivity index (χ4n) is 1.53. The van der Waals surface area contributed by atoms with Crippen LogP contribution < -0.4 is 5.32 Å². The average Bonchev–Trinajstić information content (AvgIpc) is 2.58. The fraction of sp³-hybridized carbons (Fsp3) is 0.625. The van der Waals surface area contributed by atoms with E-state index in [1.54, 1.807) is 11.3 Å². The van der Waals surface area contributed by atoms with Crippen LogP contribution in [0.2, 0.25) is 0 Å². The van der Waals surface area contributed by atoms with E-state index in [2.05, 4.69) is 15.7 Å². The van der Waals surface area contributed by atoms with Gasteiger partial charge in [0.2, 0.25) is 0 Å². The van der Waals surface area contributed by atoms with Gasteiger partial charge in [0.05, 0.1) is 11.2 Å². The number of aromatic nitrogens is 1. The number of rotatable bonds is 1. The zero-order valence-electron chi connectivity index (χ0n) is 6.42. The summed E-state index contributed by atoms with van der Waals surface area (Å²) >= 11 is 1.69. The van der Waals surface area contributed by atoms with Gasteiger partial charge < -0.3 is 5.32 Å². The molecule has 0 bridgehead atoms. The first-order chi connectivity index (χ1) is 5.47. The van der Waals surface area contributed by atoms with Crippen molar-refractivity contribution in [3.05, 3.63) is 16.6 Å². The summed E-state index contributed by atoms with van der Waals surface area (Å²) in [6.45, 7) is 2.30. The minimum absolute atomic E-state index is 0.676.